The smallest absolute Gasteiger partial charge is 0.231 e. The van der Waals surface area contributed by atoms with Crippen LogP contribution in [0.25, 0.3) is 10.9 Å². The van der Waals surface area contributed by atoms with Crippen molar-refractivity contribution in [2.24, 2.45) is 0 Å². The first-order valence-electron chi connectivity index (χ1n) is 9.46. The molecule has 3 aromatic rings. The van der Waals surface area contributed by atoms with E-state index in [9.17, 15) is 4.79 Å². The van der Waals surface area contributed by atoms with Crippen LogP contribution >= 0.6 is 0 Å². The lowest BCUT2D eigenvalue weighted by Gasteiger charge is -2.06. The second-order valence-electron chi connectivity index (χ2n) is 6.78. The number of carbonyl (C=O) groups is 1. The van der Waals surface area contributed by atoms with Crippen molar-refractivity contribution in [2.45, 2.75) is 39.3 Å². The van der Waals surface area contributed by atoms with Gasteiger partial charge in [0.25, 0.3) is 0 Å². The van der Waals surface area contributed by atoms with Gasteiger partial charge in [-0.05, 0) is 49.1 Å². The summed E-state index contributed by atoms with van der Waals surface area (Å²) in [7, 11) is 0. The number of nitrogens with one attached hydrogen (secondary N) is 1. The first-order valence-corrected chi connectivity index (χ1v) is 9.46. The van der Waals surface area contributed by atoms with Crippen molar-refractivity contribution in [3.63, 3.8) is 0 Å². The number of carbonyl (C=O) groups excluding carboxylic acids is 1. The summed E-state index contributed by atoms with van der Waals surface area (Å²) < 4.78 is 12.9. The largest absolute Gasteiger partial charge is 0.454 e. The number of rotatable bonds is 7. The average Bonchev–Trinajstić information content (AvgIpc) is 3.30. The van der Waals surface area contributed by atoms with Crippen LogP contribution in [0, 0.1) is 0 Å². The summed E-state index contributed by atoms with van der Waals surface area (Å²) in [6.07, 6.45) is 4.49. The van der Waals surface area contributed by atoms with E-state index in [1.807, 2.05) is 18.2 Å². The zero-order chi connectivity index (χ0) is 18.6. The van der Waals surface area contributed by atoms with E-state index in [-0.39, 0.29) is 12.7 Å². The zero-order valence-corrected chi connectivity index (χ0v) is 15.5. The monoisotopic (exact) mass is 364 g/mol. The minimum absolute atomic E-state index is 0.0758. The number of hydrogen-bond acceptors (Lipinski definition) is 3. The number of amides is 1. The molecule has 4 rings (SSSR count). The van der Waals surface area contributed by atoms with E-state index in [1.165, 1.54) is 16.5 Å². The van der Waals surface area contributed by atoms with Crippen LogP contribution in [0.1, 0.15) is 30.9 Å². The maximum atomic E-state index is 12.2. The molecule has 5 heteroatoms. The molecule has 0 aliphatic carbocycles. The van der Waals surface area contributed by atoms with Gasteiger partial charge in [0.15, 0.2) is 11.5 Å². The fourth-order valence-electron chi connectivity index (χ4n) is 3.56. The number of nitrogens with zero attached hydrogens (tertiary/aromatic N) is 1. The fraction of sp³-hybridized carbons (Fsp3) is 0.318. The zero-order valence-electron chi connectivity index (χ0n) is 15.5. The first-order chi connectivity index (χ1) is 13.2. The van der Waals surface area contributed by atoms with Crippen molar-refractivity contribution in [1.29, 1.82) is 0 Å². The molecule has 0 radical (unpaired) electrons. The van der Waals surface area contributed by atoms with E-state index in [1.54, 1.807) is 0 Å². The van der Waals surface area contributed by atoms with Crippen LogP contribution < -0.4 is 14.8 Å². The minimum atomic E-state index is 0.0758. The van der Waals surface area contributed by atoms with Crippen LogP contribution in [0.15, 0.2) is 48.7 Å². The van der Waals surface area contributed by atoms with Crippen LogP contribution in [0.4, 0.5) is 0 Å². The number of ether oxygens (including phenoxy) is 2. The highest BCUT2D eigenvalue weighted by molar-refractivity contribution is 5.84. The maximum absolute atomic E-state index is 12.2. The summed E-state index contributed by atoms with van der Waals surface area (Å²) >= 11 is 0. The number of hydrogen-bond donors (Lipinski definition) is 1. The van der Waals surface area contributed by atoms with Crippen molar-refractivity contribution < 1.29 is 14.3 Å². The van der Waals surface area contributed by atoms with Gasteiger partial charge in [0.2, 0.25) is 12.7 Å². The second kappa shape index (κ2) is 7.74. The molecule has 1 aliphatic rings. The average molecular weight is 364 g/mol. The molecule has 2 aromatic carbocycles. The van der Waals surface area contributed by atoms with Gasteiger partial charge in [-0.2, -0.15) is 0 Å². The molecule has 0 fully saturated rings. The normalized spacial score (nSPS) is 12.5. The van der Waals surface area contributed by atoms with Gasteiger partial charge in [-0.15, -0.1) is 0 Å². The Balaban J connectivity index is 1.29. The highest BCUT2D eigenvalue weighted by Gasteiger charge is 2.13. The van der Waals surface area contributed by atoms with E-state index < -0.39 is 0 Å². The molecule has 0 bridgehead atoms. The van der Waals surface area contributed by atoms with E-state index in [0.717, 1.165) is 36.4 Å². The lowest BCUT2D eigenvalue weighted by atomic mass is 10.1. The fourth-order valence-corrected chi connectivity index (χ4v) is 3.56. The van der Waals surface area contributed by atoms with Gasteiger partial charge in [-0.25, -0.2) is 0 Å². The molecule has 0 saturated carbocycles. The van der Waals surface area contributed by atoms with Gasteiger partial charge in [0.1, 0.15) is 0 Å². The quantitative estimate of drug-likeness (QED) is 0.689. The van der Waals surface area contributed by atoms with Gasteiger partial charge >= 0.3 is 0 Å². The summed E-state index contributed by atoms with van der Waals surface area (Å²) in [6.45, 7) is 3.88. The minimum Gasteiger partial charge on any atom is -0.454 e. The molecule has 140 valence electrons. The molecule has 1 aliphatic heterocycles. The van der Waals surface area contributed by atoms with Crippen molar-refractivity contribution >= 4 is 16.8 Å². The third-order valence-corrected chi connectivity index (χ3v) is 4.99. The van der Waals surface area contributed by atoms with E-state index in [4.69, 9.17) is 9.47 Å². The summed E-state index contributed by atoms with van der Waals surface area (Å²) in [5.41, 5.74) is 3.59. The Labute approximate surface area is 158 Å². The van der Waals surface area contributed by atoms with Gasteiger partial charge in [-0.3, -0.25) is 4.79 Å². The Morgan fingerprint density at radius 3 is 2.89 bits per heavy atom. The number of fused-ring (bicyclic) bond motifs is 2. The number of aromatic nitrogens is 1. The highest BCUT2D eigenvalue weighted by Crippen LogP contribution is 2.32. The first kappa shape index (κ1) is 17.5. The Bertz CT molecular complexity index is 961. The molecule has 2 heterocycles. The number of aryl methyl sites for hydroxylation is 2. The van der Waals surface area contributed by atoms with Crippen LogP contribution in [-0.4, -0.2) is 17.3 Å². The molecule has 0 saturated heterocycles. The maximum Gasteiger partial charge on any atom is 0.231 e. The summed E-state index contributed by atoms with van der Waals surface area (Å²) in [4.78, 5) is 12.2. The SMILES string of the molecule is CCn1cc(CCCC(=O)NCc2ccc3c(c2)OCO3)c2ccccc21. The Morgan fingerprint density at radius 2 is 2.00 bits per heavy atom. The highest BCUT2D eigenvalue weighted by atomic mass is 16.7. The molecule has 5 nitrogen and oxygen atoms in total. The molecule has 0 atom stereocenters. The summed E-state index contributed by atoms with van der Waals surface area (Å²) in [6, 6.07) is 14.2. The van der Waals surface area contributed by atoms with E-state index in [2.05, 4.69) is 47.3 Å². The Hall–Kier alpha value is -2.95. The van der Waals surface area contributed by atoms with Gasteiger partial charge in [-0.1, -0.05) is 24.3 Å². The van der Waals surface area contributed by atoms with Gasteiger partial charge in [0, 0.05) is 36.6 Å². The predicted molar refractivity (Wildman–Crippen MR) is 105 cm³/mol. The second-order valence-corrected chi connectivity index (χ2v) is 6.78. The molecule has 1 N–H and O–H groups in total. The van der Waals surface area contributed by atoms with E-state index >= 15 is 0 Å². The Kier molecular flexibility index (Phi) is 5.01. The van der Waals surface area contributed by atoms with Crippen LogP contribution in [0.3, 0.4) is 0 Å². The predicted octanol–water partition coefficient (Wildman–Crippen LogP) is 4.03. The molecule has 0 unspecified atom stereocenters. The van der Waals surface area contributed by atoms with Gasteiger partial charge < -0.3 is 19.4 Å². The lowest BCUT2D eigenvalue weighted by molar-refractivity contribution is -0.121. The third kappa shape index (κ3) is 3.77. The Morgan fingerprint density at radius 1 is 1.15 bits per heavy atom. The van der Waals surface area contributed by atoms with E-state index in [0.29, 0.717) is 13.0 Å². The van der Waals surface area contributed by atoms with Crippen molar-refractivity contribution in [3.8, 4) is 11.5 Å². The number of benzene rings is 2. The van der Waals surface area contributed by atoms with Crippen LogP contribution in [0.5, 0.6) is 11.5 Å². The van der Waals surface area contributed by atoms with Crippen LogP contribution in [-0.2, 0) is 24.3 Å². The lowest BCUT2D eigenvalue weighted by Crippen LogP contribution is -2.22. The molecule has 1 amide bonds. The standard InChI is InChI=1S/C22H24N2O3/c1-2-24-14-17(18-7-3-4-8-19(18)24)6-5-9-22(25)23-13-16-10-11-20-21(12-16)27-15-26-20/h3-4,7-8,10-12,14H,2,5-6,9,13,15H2,1H3,(H,23,25). The van der Waals surface area contributed by atoms with Crippen molar-refractivity contribution in [2.75, 3.05) is 6.79 Å². The molecular formula is C22H24N2O3. The third-order valence-electron chi connectivity index (χ3n) is 4.99. The van der Waals surface area contributed by atoms with Crippen LogP contribution in [0.2, 0.25) is 0 Å². The van der Waals surface area contributed by atoms with Crippen molar-refractivity contribution in [1.82, 2.24) is 9.88 Å². The summed E-state index contributed by atoms with van der Waals surface area (Å²) in [5, 5.41) is 4.28. The number of para-hydroxylation sites is 1. The summed E-state index contributed by atoms with van der Waals surface area (Å²) in [5.74, 6) is 1.58. The van der Waals surface area contributed by atoms with Gasteiger partial charge in [0.05, 0.1) is 0 Å². The molecular weight excluding hydrogens is 340 g/mol. The molecule has 1 aromatic heterocycles. The topological polar surface area (TPSA) is 52.5 Å². The molecule has 27 heavy (non-hydrogen) atoms. The van der Waals surface area contributed by atoms with Crippen molar-refractivity contribution in [3.05, 3.63) is 59.8 Å². The molecule has 0 spiro atoms.